The molecule has 0 bridgehead atoms. The lowest BCUT2D eigenvalue weighted by Gasteiger charge is -2.27. The zero-order valence-electron chi connectivity index (χ0n) is 14.1. The highest BCUT2D eigenvalue weighted by molar-refractivity contribution is 6.35. The summed E-state index contributed by atoms with van der Waals surface area (Å²) in [7, 11) is 0. The maximum absolute atomic E-state index is 12.5. The quantitative estimate of drug-likeness (QED) is 0.743. The molecule has 3 rings (SSSR count). The molecule has 27 heavy (non-hydrogen) atoms. The molecule has 7 nitrogen and oxygen atoms in total. The molecule has 2 aromatic rings. The van der Waals surface area contributed by atoms with Crippen molar-refractivity contribution in [3.05, 3.63) is 73.1 Å². The summed E-state index contributed by atoms with van der Waals surface area (Å²) in [6.07, 6.45) is 0. The van der Waals surface area contributed by atoms with Crippen LogP contribution >= 0.6 is 23.2 Å². The lowest BCUT2D eigenvalue weighted by Crippen LogP contribution is -2.30. The highest BCUT2D eigenvalue weighted by Crippen LogP contribution is 2.44. The maximum Gasteiger partial charge on any atom is 0.340 e. The number of aliphatic hydroxyl groups is 1. The molecule has 0 aliphatic carbocycles. The first kappa shape index (κ1) is 19.3. The summed E-state index contributed by atoms with van der Waals surface area (Å²) in [4.78, 5) is 24.9. The van der Waals surface area contributed by atoms with Gasteiger partial charge >= 0.3 is 5.97 Å². The Balaban J connectivity index is 2.31. The molecule has 0 saturated carbocycles. The molecule has 2 heterocycles. The van der Waals surface area contributed by atoms with Gasteiger partial charge in [-0.15, -0.1) is 0 Å². The van der Waals surface area contributed by atoms with Gasteiger partial charge in [-0.25, -0.2) is 4.79 Å². The molecule has 3 N–H and O–H groups in total. The number of halogens is 2. The molecule has 0 spiro atoms. The number of ether oxygens (including phenoxy) is 2. The van der Waals surface area contributed by atoms with E-state index in [4.69, 9.17) is 42.8 Å². The number of aliphatic hydroxyl groups excluding tert-OH is 1. The molecule has 1 atom stereocenters. The van der Waals surface area contributed by atoms with Gasteiger partial charge in [0.05, 0.1) is 12.5 Å². The smallest absolute Gasteiger partial charge is 0.340 e. The minimum atomic E-state index is -0.975. The van der Waals surface area contributed by atoms with E-state index in [0.717, 1.165) is 6.07 Å². The van der Waals surface area contributed by atoms with E-state index in [1.165, 1.54) is 6.07 Å². The van der Waals surface area contributed by atoms with E-state index in [9.17, 15) is 14.7 Å². The number of rotatable bonds is 4. The Labute approximate surface area is 163 Å². The van der Waals surface area contributed by atoms with Crippen LogP contribution < -0.4 is 15.9 Å². The van der Waals surface area contributed by atoms with Gasteiger partial charge in [0.2, 0.25) is 17.1 Å². The van der Waals surface area contributed by atoms with Crippen molar-refractivity contribution in [3.63, 3.8) is 0 Å². The van der Waals surface area contributed by atoms with Crippen LogP contribution in [-0.2, 0) is 16.1 Å². The first-order valence-corrected chi connectivity index (χ1v) is 8.70. The van der Waals surface area contributed by atoms with E-state index < -0.39 is 23.9 Å². The van der Waals surface area contributed by atoms with Gasteiger partial charge < -0.3 is 24.7 Å². The number of esters is 1. The summed E-state index contributed by atoms with van der Waals surface area (Å²) in [5.41, 5.74) is 5.72. The molecule has 0 unspecified atom stereocenters. The van der Waals surface area contributed by atoms with Crippen molar-refractivity contribution < 1.29 is 23.8 Å². The lowest BCUT2D eigenvalue weighted by atomic mass is 9.86. The number of benzene rings is 1. The number of nitrogens with two attached hydrogens (primary N) is 1. The molecule has 1 aromatic heterocycles. The average molecular weight is 412 g/mol. The van der Waals surface area contributed by atoms with E-state index in [1.54, 1.807) is 19.1 Å². The van der Waals surface area contributed by atoms with Crippen LogP contribution in [0.25, 0.3) is 0 Å². The third-order valence-electron chi connectivity index (χ3n) is 3.93. The number of carbonyl (C=O) groups is 1. The van der Waals surface area contributed by atoms with Crippen LogP contribution in [0.4, 0.5) is 0 Å². The van der Waals surface area contributed by atoms with Crippen molar-refractivity contribution in [1.82, 2.24) is 0 Å². The topological polar surface area (TPSA) is 112 Å². The molecule has 1 aliphatic heterocycles. The fourth-order valence-corrected chi connectivity index (χ4v) is 3.33. The SMILES string of the molecule is CCOC(=O)C1=C(N)Oc2c(oc(CO)cc2=O)[C@@H]1c1ccc(Cl)cc1Cl. The Bertz CT molecular complexity index is 998. The van der Waals surface area contributed by atoms with Gasteiger partial charge in [0, 0.05) is 16.1 Å². The first-order valence-electron chi connectivity index (χ1n) is 7.94. The number of hydrogen-bond donors (Lipinski definition) is 2. The van der Waals surface area contributed by atoms with Crippen molar-refractivity contribution >= 4 is 29.2 Å². The van der Waals surface area contributed by atoms with Crippen LogP contribution in [0.3, 0.4) is 0 Å². The Hall–Kier alpha value is -2.48. The molecule has 9 heteroatoms. The number of carbonyl (C=O) groups excluding carboxylic acids is 1. The molecule has 0 radical (unpaired) electrons. The van der Waals surface area contributed by atoms with Crippen LogP contribution in [0.15, 0.2) is 44.9 Å². The van der Waals surface area contributed by atoms with E-state index in [0.29, 0.717) is 10.6 Å². The van der Waals surface area contributed by atoms with Crippen LogP contribution in [0.5, 0.6) is 5.75 Å². The van der Waals surface area contributed by atoms with Gasteiger partial charge in [-0.1, -0.05) is 29.3 Å². The summed E-state index contributed by atoms with van der Waals surface area (Å²) < 4.78 is 16.1. The fourth-order valence-electron chi connectivity index (χ4n) is 2.82. The van der Waals surface area contributed by atoms with Crippen LogP contribution in [0.1, 0.15) is 29.9 Å². The standard InChI is InChI=1S/C18H15Cl2NO6/c1-2-25-18(24)14-13(10-4-3-8(19)5-11(10)20)16-15(27-17(14)21)12(23)6-9(7-22)26-16/h3-6,13,22H,2,7,21H2,1H3/t13-/m1/s1. The summed E-state index contributed by atoms with van der Waals surface area (Å²) in [6, 6.07) is 5.73. The molecule has 142 valence electrons. The van der Waals surface area contributed by atoms with E-state index in [1.807, 2.05) is 0 Å². The van der Waals surface area contributed by atoms with Gasteiger partial charge in [-0.2, -0.15) is 0 Å². The molecule has 0 fully saturated rings. The Morgan fingerprint density at radius 1 is 1.33 bits per heavy atom. The summed E-state index contributed by atoms with van der Waals surface area (Å²) >= 11 is 12.3. The molecule has 1 aromatic carbocycles. The maximum atomic E-state index is 12.5. The molecule has 0 saturated heterocycles. The van der Waals surface area contributed by atoms with Gasteiger partial charge in [0.25, 0.3) is 0 Å². The second-order valence-corrected chi connectivity index (χ2v) is 6.47. The molecule has 1 aliphatic rings. The minimum absolute atomic E-state index is 0.00103. The second kappa shape index (κ2) is 7.64. The van der Waals surface area contributed by atoms with Crippen molar-refractivity contribution in [3.8, 4) is 5.75 Å². The molecule has 0 amide bonds. The van der Waals surface area contributed by atoms with E-state index in [-0.39, 0.29) is 40.4 Å². The van der Waals surface area contributed by atoms with Crippen molar-refractivity contribution in [1.29, 1.82) is 0 Å². The zero-order chi connectivity index (χ0) is 19.7. The Morgan fingerprint density at radius 2 is 2.07 bits per heavy atom. The first-order chi connectivity index (χ1) is 12.9. The Morgan fingerprint density at radius 3 is 2.70 bits per heavy atom. The van der Waals surface area contributed by atoms with Crippen molar-refractivity contribution in [2.45, 2.75) is 19.4 Å². The monoisotopic (exact) mass is 411 g/mol. The second-order valence-electron chi connectivity index (χ2n) is 5.63. The zero-order valence-corrected chi connectivity index (χ0v) is 15.6. The van der Waals surface area contributed by atoms with Gasteiger partial charge in [0.15, 0.2) is 5.76 Å². The van der Waals surface area contributed by atoms with Crippen molar-refractivity contribution in [2.75, 3.05) is 6.61 Å². The Kier molecular flexibility index (Phi) is 5.46. The normalized spacial score (nSPS) is 15.9. The molecular formula is C18H15Cl2NO6. The predicted octanol–water partition coefficient (Wildman–Crippen LogP) is 2.70. The van der Waals surface area contributed by atoms with Gasteiger partial charge in [0.1, 0.15) is 17.9 Å². The largest absolute Gasteiger partial charge is 0.462 e. The van der Waals surface area contributed by atoms with Crippen LogP contribution in [0, 0.1) is 0 Å². The van der Waals surface area contributed by atoms with Crippen LogP contribution in [0.2, 0.25) is 10.0 Å². The fraction of sp³-hybridized carbons (Fsp3) is 0.222. The van der Waals surface area contributed by atoms with Crippen molar-refractivity contribution in [2.24, 2.45) is 5.73 Å². The van der Waals surface area contributed by atoms with E-state index >= 15 is 0 Å². The van der Waals surface area contributed by atoms with E-state index in [2.05, 4.69) is 0 Å². The number of fused-ring (bicyclic) bond motifs is 1. The van der Waals surface area contributed by atoms with Gasteiger partial charge in [-0.05, 0) is 24.6 Å². The minimum Gasteiger partial charge on any atom is -0.462 e. The third-order valence-corrected chi connectivity index (χ3v) is 4.50. The summed E-state index contributed by atoms with van der Waals surface area (Å²) in [6.45, 7) is 1.22. The summed E-state index contributed by atoms with van der Waals surface area (Å²) in [5.74, 6) is -2.20. The van der Waals surface area contributed by atoms with Crippen LogP contribution in [-0.4, -0.2) is 17.7 Å². The summed E-state index contributed by atoms with van der Waals surface area (Å²) in [5, 5.41) is 9.99. The highest BCUT2D eigenvalue weighted by atomic mass is 35.5. The third kappa shape index (κ3) is 3.53. The molecular weight excluding hydrogens is 397 g/mol. The number of hydrogen-bond acceptors (Lipinski definition) is 7. The van der Waals surface area contributed by atoms with Gasteiger partial charge in [-0.3, -0.25) is 4.79 Å². The highest BCUT2D eigenvalue weighted by Gasteiger charge is 2.40. The predicted molar refractivity (Wildman–Crippen MR) is 97.7 cm³/mol. The average Bonchev–Trinajstić information content (AvgIpc) is 2.61. The lowest BCUT2D eigenvalue weighted by molar-refractivity contribution is -0.139.